The molecule has 0 aromatic heterocycles. The van der Waals surface area contributed by atoms with Crippen LogP contribution >= 0.6 is 0 Å². The van der Waals surface area contributed by atoms with Crippen molar-refractivity contribution in [2.24, 2.45) is 5.41 Å². The molecule has 0 radical (unpaired) electrons. The van der Waals surface area contributed by atoms with Crippen molar-refractivity contribution in [3.05, 3.63) is 29.8 Å². The smallest absolute Gasteiger partial charge is 0.0682 e. The summed E-state index contributed by atoms with van der Waals surface area (Å²) < 4.78 is 0. The lowest BCUT2D eigenvalue weighted by Crippen LogP contribution is -2.30. The highest BCUT2D eigenvalue weighted by molar-refractivity contribution is 5.47. The highest BCUT2D eigenvalue weighted by Crippen LogP contribution is 2.38. The van der Waals surface area contributed by atoms with Crippen LogP contribution in [0.15, 0.2) is 24.3 Å². The van der Waals surface area contributed by atoms with E-state index in [4.69, 9.17) is 5.11 Å². The second kappa shape index (κ2) is 4.46. The molecule has 1 unspecified atom stereocenters. The maximum absolute atomic E-state index is 9.10. The molecule has 1 saturated carbocycles. The molecule has 1 aromatic rings. The van der Waals surface area contributed by atoms with Crippen molar-refractivity contribution in [1.29, 1.82) is 0 Å². The Morgan fingerprint density at radius 3 is 2.88 bits per heavy atom. The van der Waals surface area contributed by atoms with Crippen LogP contribution in [0.1, 0.15) is 38.7 Å². The van der Waals surface area contributed by atoms with Gasteiger partial charge in [0.15, 0.2) is 0 Å². The Kier molecular flexibility index (Phi) is 3.20. The molecule has 1 aromatic carbocycles. The third kappa shape index (κ3) is 2.38. The molecule has 2 heteroatoms. The Bertz CT molecular complexity index is 360. The van der Waals surface area contributed by atoms with Crippen LogP contribution in [0.3, 0.4) is 0 Å². The quantitative estimate of drug-likeness (QED) is 0.818. The van der Waals surface area contributed by atoms with Gasteiger partial charge in [-0.1, -0.05) is 32.4 Å². The maximum Gasteiger partial charge on any atom is 0.0682 e. The van der Waals surface area contributed by atoms with Crippen molar-refractivity contribution in [3.8, 4) is 0 Å². The van der Waals surface area contributed by atoms with Crippen molar-refractivity contribution in [3.63, 3.8) is 0 Å². The number of hydrogen-bond donors (Lipinski definition) is 2. The first kappa shape index (κ1) is 11.5. The molecule has 2 nitrogen and oxygen atoms in total. The molecule has 2 rings (SSSR count). The van der Waals surface area contributed by atoms with Crippen LogP contribution in [0.4, 0.5) is 5.69 Å². The lowest BCUT2D eigenvalue weighted by atomic mass is 9.87. The summed E-state index contributed by atoms with van der Waals surface area (Å²) in [4.78, 5) is 0. The molecule has 0 heterocycles. The number of anilines is 1. The summed E-state index contributed by atoms with van der Waals surface area (Å²) in [5.41, 5.74) is 2.49. The van der Waals surface area contributed by atoms with Gasteiger partial charge in [0.2, 0.25) is 0 Å². The fourth-order valence-electron chi connectivity index (χ4n) is 2.55. The van der Waals surface area contributed by atoms with Crippen LogP contribution in [0.2, 0.25) is 0 Å². The average molecular weight is 219 g/mol. The predicted octanol–water partition coefficient (Wildman–Crippen LogP) is 3.17. The van der Waals surface area contributed by atoms with Gasteiger partial charge < -0.3 is 10.4 Å². The number of rotatable bonds is 3. The molecule has 1 aliphatic rings. The van der Waals surface area contributed by atoms with Crippen LogP contribution in [-0.2, 0) is 6.61 Å². The first-order valence-corrected chi connectivity index (χ1v) is 6.08. The fourth-order valence-corrected chi connectivity index (χ4v) is 2.55. The predicted molar refractivity (Wildman–Crippen MR) is 67.4 cm³/mol. The molecular weight excluding hydrogens is 198 g/mol. The zero-order valence-corrected chi connectivity index (χ0v) is 10.2. The van der Waals surface area contributed by atoms with Crippen molar-refractivity contribution in [1.82, 2.24) is 0 Å². The average Bonchev–Trinajstić information content (AvgIpc) is 2.59. The van der Waals surface area contributed by atoms with E-state index in [1.54, 1.807) is 0 Å². The first-order chi connectivity index (χ1) is 7.62. The van der Waals surface area contributed by atoms with Crippen molar-refractivity contribution in [2.75, 3.05) is 5.32 Å². The minimum atomic E-state index is 0.115. The van der Waals surface area contributed by atoms with E-state index in [0.717, 1.165) is 11.3 Å². The summed E-state index contributed by atoms with van der Waals surface area (Å²) in [7, 11) is 0. The van der Waals surface area contributed by atoms with Crippen LogP contribution in [-0.4, -0.2) is 11.1 Å². The van der Waals surface area contributed by atoms with Crippen molar-refractivity contribution in [2.45, 2.75) is 45.8 Å². The van der Waals surface area contributed by atoms with Crippen LogP contribution in [0, 0.1) is 5.41 Å². The van der Waals surface area contributed by atoms with E-state index in [1.165, 1.54) is 19.3 Å². The maximum atomic E-state index is 9.10. The number of hydrogen-bond acceptors (Lipinski definition) is 2. The molecule has 0 spiro atoms. The van der Waals surface area contributed by atoms with Gasteiger partial charge in [0.05, 0.1) is 6.61 Å². The summed E-state index contributed by atoms with van der Waals surface area (Å²) in [6.45, 7) is 4.77. The lowest BCUT2D eigenvalue weighted by Gasteiger charge is -2.28. The van der Waals surface area contributed by atoms with Crippen molar-refractivity contribution < 1.29 is 5.11 Å². The second-order valence-electron chi connectivity index (χ2n) is 5.44. The standard InChI is InChI=1S/C14H21NO/c1-14(2)8-4-7-13(14)15-12-6-3-5-11(9-12)10-16/h3,5-6,9,13,15-16H,4,7-8,10H2,1-2H3. The molecule has 0 saturated heterocycles. The normalized spacial score (nSPS) is 23.3. The number of aliphatic hydroxyl groups excluding tert-OH is 1. The number of nitrogens with one attached hydrogen (secondary N) is 1. The molecule has 1 atom stereocenters. The monoisotopic (exact) mass is 219 g/mol. The Hall–Kier alpha value is -1.02. The summed E-state index contributed by atoms with van der Waals surface area (Å²) in [6.07, 6.45) is 3.85. The lowest BCUT2D eigenvalue weighted by molar-refractivity contribution is 0.282. The number of benzene rings is 1. The molecule has 1 aliphatic carbocycles. The summed E-state index contributed by atoms with van der Waals surface area (Å²) in [5, 5.41) is 12.7. The van der Waals surface area contributed by atoms with Crippen LogP contribution in [0.25, 0.3) is 0 Å². The molecule has 0 bridgehead atoms. The number of aliphatic hydroxyl groups is 1. The van der Waals surface area contributed by atoms with Crippen LogP contribution in [0.5, 0.6) is 0 Å². The third-order valence-corrected chi connectivity index (χ3v) is 3.71. The van der Waals surface area contributed by atoms with Crippen LogP contribution < -0.4 is 5.32 Å². The van der Waals surface area contributed by atoms with Gasteiger partial charge in [-0.25, -0.2) is 0 Å². The summed E-state index contributed by atoms with van der Waals surface area (Å²) in [5.74, 6) is 0. The van der Waals surface area contributed by atoms with Gasteiger partial charge in [0.25, 0.3) is 0 Å². The van der Waals surface area contributed by atoms with Gasteiger partial charge in [-0.2, -0.15) is 0 Å². The SMILES string of the molecule is CC1(C)CCCC1Nc1cccc(CO)c1. The topological polar surface area (TPSA) is 32.3 Å². The fraction of sp³-hybridized carbons (Fsp3) is 0.571. The molecule has 0 aliphatic heterocycles. The van der Waals surface area contributed by atoms with Gasteiger partial charge in [0.1, 0.15) is 0 Å². The zero-order valence-electron chi connectivity index (χ0n) is 10.2. The van der Waals surface area contributed by atoms with Gasteiger partial charge in [-0.3, -0.25) is 0 Å². The Labute approximate surface area is 97.7 Å². The zero-order chi connectivity index (χ0) is 11.6. The highest BCUT2D eigenvalue weighted by atomic mass is 16.3. The van der Waals surface area contributed by atoms with Gasteiger partial charge >= 0.3 is 0 Å². The van der Waals surface area contributed by atoms with E-state index in [0.29, 0.717) is 11.5 Å². The van der Waals surface area contributed by atoms with E-state index >= 15 is 0 Å². The Morgan fingerprint density at radius 1 is 1.44 bits per heavy atom. The van der Waals surface area contributed by atoms with E-state index in [1.807, 2.05) is 18.2 Å². The van der Waals surface area contributed by atoms with E-state index in [2.05, 4.69) is 25.2 Å². The summed E-state index contributed by atoms with van der Waals surface area (Å²) in [6, 6.07) is 8.62. The Balaban J connectivity index is 2.08. The van der Waals surface area contributed by atoms with Gasteiger partial charge in [-0.05, 0) is 36.0 Å². The Morgan fingerprint density at radius 2 is 2.25 bits per heavy atom. The molecule has 2 N–H and O–H groups in total. The van der Waals surface area contributed by atoms with Crippen molar-refractivity contribution >= 4 is 5.69 Å². The van der Waals surface area contributed by atoms with E-state index in [-0.39, 0.29) is 6.61 Å². The van der Waals surface area contributed by atoms with E-state index in [9.17, 15) is 0 Å². The minimum absolute atomic E-state index is 0.115. The molecule has 0 amide bonds. The van der Waals surface area contributed by atoms with Gasteiger partial charge in [0, 0.05) is 11.7 Å². The second-order valence-corrected chi connectivity index (χ2v) is 5.44. The third-order valence-electron chi connectivity index (χ3n) is 3.71. The molecule has 88 valence electrons. The van der Waals surface area contributed by atoms with E-state index < -0.39 is 0 Å². The summed E-state index contributed by atoms with van der Waals surface area (Å²) >= 11 is 0. The first-order valence-electron chi connectivity index (χ1n) is 6.08. The van der Waals surface area contributed by atoms with Gasteiger partial charge in [-0.15, -0.1) is 0 Å². The minimum Gasteiger partial charge on any atom is -0.392 e. The largest absolute Gasteiger partial charge is 0.392 e. The molecule has 16 heavy (non-hydrogen) atoms. The molecule has 1 fully saturated rings. The molecular formula is C14H21NO. The highest BCUT2D eigenvalue weighted by Gasteiger charge is 2.34.